The number of allylic oxidation sites excluding steroid dienone is 1. The topological polar surface area (TPSA) is 105 Å². The molecule has 0 aliphatic rings. The number of aryl methyl sites for hydroxylation is 2. The van der Waals surface area contributed by atoms with Crippen molar-refractivity contribution in [3.05, 3.63) is 74.4 Å². The van der Waals surface area contributed by atoms with E-state index in [-0.39, 0.29) is 11.5 Å². The molecule has 2 aromatic heterocycles. The van der Waals surface area contributed by atoms with Gasteiger partial charge in [0.15, 0.2) is 5.78 Å². The van der Waals surface area contributed by atoms with Crippen LogP contribution in [0.3, 0.4) is 0 Å². The molecule has 162 valence electrons. The highest BCUT2D eigenvalue weighted by Crippen LogP contribution is 2.26. The number of methoxy groups -OCH3 is 1. The van der Waals surface area contributed by atoms with Gasteiger partial charge in [-0.1, -0.05) is 12.1 Å². The van der Waals surface area contributed by atoms with Crippen LogP contribution in [0.2, 0.25) is 0 Å². The van der Waals surface area contributed by atoms with E-state index in [1.807, 2.05) is 26.0 Å². The number of aromatic nitrogens is 4. The summed E-state index contributed by atoms with van der Waals surface area (Å²) in [6, 6.07) is 5.53. The minimum Gasteiger partial charge on any atom is -0.496 e. The number of hydrogen-bond donors (Lipinski definition) is 0. The van der Waals surface area contributed by atoms with Crippen LogP contribution in [0, 0.1) is 30.9 Å². The van der Waals surface area contributed by atoms with Crippen LogP contribution in [0.25, 0.3) is 6.08 Å². The van der Waals surface area contributed by atoms with E-state index in [2.05, 4.69) is 10.2 Å². The molecule has 3 aromatic rings. The van der Waals surface area contributed by atoms with Crippen molar-refractivity contribution in [3.63, 3.8) is 0 Å². The van der Waals surface area contributed by atoms with Crippen LogP contribution in [0.4, 0.5) is 5.69 Å². The lowest BCUT2D eigenvalue weighted by Crippen LogP contribution is -2.06. The van der Waals surface area contributed by atoms with Crippen molar-refractivity contribution >= 4 is 17.5 Å². The van der Waals surface area contributed by atoms with E-state index in [4.69, 9.17) is 4.74 Å². The summed E-state index contributed by atoms with van der Waals surface area (Å²) in [6.45, 7) is 8.14. The summed E-state index contributed by atoms with van der Waals surface area (Å²) in [5, 5.41) is 19.8. The van der Waals surface area contributed by atoms with Crippen molar-refractivity contribution in [2.24, 2.45) is 0 Å². The van der Waals surface area contributed by atoms with E-state index >= 15 is 0 Å². The van der Waals surface area contributed by atoms with E-state index in [0.717, 1.165) is 16.8 Å². The molecule has 0 atom stereocenters. The molecule has 0 unspecified atom stereocenters. The van der Waals surface area contributed by atoms with Gasteiger partial charge in [0.25, 0.3) is 0 Å². The highest BCUT2D eigenvalue weighted by Gasteiger charge is 2.22. The minimum atomic E-state index is -0.418. The van der Waals surface area contributed by atoms with Crippen molar-refractivity contribution in [2.45, 2.75) is 40.8 Å². The molecule has 0 aliphatic carbocycles. The Kier molecular flexibility index (Phi) is 6.33. The van der Waals surface area contributed by atoms with Crippen molar-refractivity contribution < 1.29 is 14.5 Å². The number of ether oxygens (including phenoxy) is 1. The first kappa shape index (κ1) is 21.9. The van der Waals surface area contributed by atoms with Gasteiger partial charge in [0.05, 0.1) is 30.3 Å². The Balaban J connectivity index is 1.88. The zero-order valence-corrected chi connectivity index (χ0v) is 18.2. The van der Waals surface area contributed by atoms with E-state index in [1.165, 1.54) is 6.08 Å². The second kappa shape index (κ2) is 8.95. The van der Waals surface area contributed by atoms with Crippen LogP contribution in [-0.2, 0) is 13.1 Å². The van der Waals surface area contributed by atoms with Crippen LogP contribution in [0.1, 0.15) is 45.5 Å². The number of ketones is 1. The van der Waals surface area contributed by atoms with Gasteiger partial charge in [0.1, 0.15) is 17.1 Å². The van der Waals surface area contributed by atoms with Crippen LogP contribution in [-0.4, -0.2) is 37.4 Å². The summed E-state index contributed by atoms with van der Waals surface area (Å²) in [5.74, 6) is 0.516. The van der Waals surface area contributed by atoms with Crippen LogP contribution < -0.4 is 4.74 Å². The predicted octanol–water partition coefficient (Wildman–Crippen LogP) is 3.89. The van der Waals surface area contributed by atoms with E-state index in [9.17, 15) is 14.9 Å². The number of rotatable bonds is 8. The molecule has 9 heteroatoms. The summed E-state index contributed by atoms with van der Waals surface area (Å²) in [6.07, 6.45) is 4.84. The van der Waals surface area contributed by atoms with Gasteiger partial charge in [-0.25, -0.2) is 0 Å². The lowest BCUT2D eigenvalue weighted by molar-refractivity contribution is -0.386. The van der Waals surface area contributed by atoms with E-state index < -0.39 is 4.92 Å². The zero-order chi connectivity index (χ0) is 22.7. The molecule has 0 amide bonds. The molecule has 9 nitrogen and oxygen atoms in total. The standard InChI is InChI=1S/C22H25N5O4/c1-6-25-15(3)19(12-23-25)20(28)9-7-17-8-10-21(31-5)18(11-17)13-26-16(4)22(27(29)30)14(2)24-26/h7-12H,6,13H2,1-5H3/b9-7+. The monoisotopic (exact) mass is 423 g/mol. The molecule has 0 N–H and O–H groups in total. The Labute approximate surface area is 180 Å². The van der Waals surface area contributed by atoms with E-state index in [0.29, 0.717) is 35.8 Å². The third-order valence-electron chi connectivity index (χ3n) is 5.25. The molecule has 0 radical (unpaired) electrons. The van der Waals surface area contributed by atoms with Crippen LogP contribution in [0.15, 0.2) is 30.5 Å². The lowest BCUT2D eigenvalue weighted by atomic mass is 10.1. The molecule has 3 rings (SSSR count). The van der Waals surface area contributed by atoms with Gasteiger partial charge in [-0.05, 0) is 51.5 Å². The maximum Gasteiger partial charge on any atom is 0.312 e. The molecule has 0 fully saturated rings. The molecule has 0 saturated heterocycles. The molecule has 0 aliphatic heterocycles. The van der Waals surface area contributed by atoms with E-state index in [1.54, 1.807) is 48.7 Å². The number of carbonyl (C=O) groups is 1. The lowest BCUT2D eigenvalue weighted by Gasteiger charge is -2.10. The first-order chi connectivity index (χ1) is 14.8. The zero-order valence-electron chi connectivity index (χ0n) is 18.2. The molecule has 0 spiro atoms. The third kappa shape index (κ3) is 4.40. The van der Waals surface area contributed by atoms with Gasteiger partial charge in [0.2, 0.25) is 0 Å². The van der Waals surface area contributed by atoms with Crippen molar-refractivity contribution in [1.82, 2.24) is 19.6 Å². The fourth-order valence-electron chi connectivity index (χ4n) is 3.56. The van der Waals surface area contributed by atoms with Gasteiger partial charge in [0, 0.05) is 17.8 Å². The molecule has 31 heavy (non-hydrogen) atoms. The van der Waals surface area contributed by atoms with Crippen molar-refractivity contribution in [2.75, 3.05) is 7.11 Å². The minimum absolute atomic E-state index is 0.0172. The Bertz CT molecular complexity index is 1170. The molecule has 1 aromatic carbocycles. The summed E-state index contributed by atoms with van der Waals surface area (Å²) < 4.78 is 8.81. The fraction of sp³-hybridized carbons (Fsp3) is 0.318. The second-order valence-corrected chi connectivity index (χ2v) is 7.16. The summed E-state index contributed by atoms with van der Waals surface area (Å²) in [5.41, 5.74) is 3.87. The molecule has 2 heterocycles. The Hall–Kier alpha value is -3.75. The van der Waals surface area contributed by atoms with Crippen molar-refractivity contribution in [1.29, 1.82) is 0 Å². The van der Waals surface area contributed by atoms with Gasteiger partial charge >= 0.3 is 5.69 Å². The highest BCUT2D eigenvalue weighted by atomic mass is 16.6. The average molecular weight is 423 g/mol. The van der Waals surface area contributed by atoms with Gasteiger partial charge in [-0.2, -0.15) is 10.2 Å². The first-order valence-corrected chi connectivity index (χ1v) is 9.86. The maximum atomic E-state index is 12.6. The average Bonchev–Trinajstić information content (AvgIpc) is 3.24. The first-order valence-electron chi connectivity index (χ1n) is 9.86. The second-order valence-electron chi connectivity index (χ2n) is 7.16. The van der Waals surface area contributed by atoms with Crippen molar-refractivity contribution in [3.8, 4) is 5.75 Å². The number of benzene rings is 1. The third-order valence-corrected chi connectivity index (χ3v) is 5.25. The van der Waals surface area contributed by atoms with Gasteiger partial charge < -0.3 is 4.74 Å². The number of nitrogens with zero attached hydrogens (tertiary/aromatic N) is 5. The Morgan fingerprint density at radius 1 is 1.23 bits per heavy atom. The molecule has 0 bridgehead atoms. The van der Waals surface area contributed by atoms with Crippen LogP contribution >= 0.6 is 0 Å². The highest BCUT2D eigenvalue weighted by molar-refractivity contribution is 6.07. The number of nitro groups is 1. The number of hydrogen-bond acceptors (Lipinski definition) is 6. The SMILES string of the molecule is CCn1ncc(C(=O)/C=C/c2ccc(OC)c(Cn3nc(C)c([N+](=O)[O-])c3C)c2)c1C. The van der Waals surface area contributed by atoms with Gasteiger partial charge in [-0.3, -0.25) is 24.3 Å². The Morgan fingerprint density at radius 2 is 1.97 bits per heavy atom. The number of carbonyl (C=O) groups excluding carboxylic acids is 1. The smallest absolute Gasteiger partial charge is 0.312 e. The molecular formula is C22H25N5O4. The quantitative estimate of drug-likeness (QED) is 0.236. The molecular weight excluding hydrogens is 398 g/mol. The molecule has 0 saturated carbocycles. The normalized spacial score (nSPS) is 11.3. The predicted molar refractivity (Wildman–Crippen MR) is 116 cm³/mol. The summed E-state index contributed by atoms with van der Waals surface area (Å²) in [4.78, 5) is 23.4. The summed E-state index contributed by atoms with van der Waals surface area (Å²) in [7, 11) is 1.57. The fourth-order valence-corrected chi connectivity index (χ4v) is 3.56. The maximum absolute atomic E-state index is 12.6. The van der Waals surface area contributed by atoms with Crippen LogP contribution in [0.5, 0.6) is 5.75 Å². The largest absolute Gasteiger partial charge is 0.496 e. The summed E-state index contributed by atoms with van der Waals surface area (Å²) >= 11 is 0. The Morgan fingerprint density at radius 3 is 2.55 bits per heavy atom. The van der Waals surface area contributed by atoms with Gasteiger partial charge in [-0.15, -0.1) is 0 Å².